The molecule has 0 aromatic heterocycles. The first-order valence-electron chi connectivity index (χ1n) is 7.45. The van der Waals surface area contributed by atoms with Gasteiger partial charge in [0.15, 0.2) is 0 Å². The number of sulfonamides is 1. The van der Waals surface area contributed by atoms with Crippen LogP contribution < -0.4 is 0 Å². The van der Waals surface area contributed by atoms with Crippen LogP contribution in [0.4, 0.5) is 13.2 Å². The van der Waals surface area contributed by atoms with Crippen molar-refractivity contribution < 1.29 is 26.4 Å². The van der Waals surface area contributed by atoms with E-state index in [1.807, 2.05) is 0 Å². The van der Waals surface area contributed by atoms with E-state index in [0.717, 1.165) is 4.90 Å². The molecule has 9 heteroatoms. The molecule has 0 aliphatic carbocycles. The molecule has 0 heterocycles. The van der Waals surface area contributed by atoms with Gasteiger partial charge < -0.3 is 4.90 Å². The highest BCUT2D eigenvalue weighted by atomic mass is 32.2. The molecular weight excluding hydrogens is 345 g/mol. The van der Waals surface area contributed by atoms with Crippen LogP contribution in [0.25, 0.3) is 0 Å². The second-order valence-electron chi connectivity index (χ2n) is 5.21. The van der Waals surface area contributed by atoms with E-state index in [0.29, 0.717) is 13.1 Å². The van der Waals surface area contributed by atoms with Gasteiger partial charge in [-0.1, -0.05) is 13.8 Å². The molecule has 0 spiro atoms. The largest absolute Gasteiger partial charge is 0.390 e. The highest BCUT2D eigenvalue weighted by Crippen LogP contribution is 2.20. The van der Waals surface area contributed by atoms with Crippen LogP contribution in [-0.4, -0.2) is 56.4 Å². The summed E-state index contributed by atoms with van der Waals surface area (Å²) in [4.78, 5) is 13.1. The number of hydrogen-bond acceptors (Lipinski definition) is 3. The summed E-state index contributed by atoms with van der Waals surface area (Å²) in [5.74, 6) is -0.592. The Morgan fingerprint density at radius 2 is 1.58 bits per heavy atom. The predicted octanol–water partition coefficient (Wildman–Crippen LogP) is 2.74. The van der Waals surface area contributed by atoms with Gasteiger partial charge in [-0.3, -0.25) is 4.79 Å². The van der Waals surface area contributed by atoms with Crippen LogP contribution in [0, 0.1) is 0 Å². The highest BCUT2D eigenvalue weighted by Gasteiger charge is 2.28. The number of carbonyl (C=O) groups is 1. The van der Waals surface area contributed by atoms with Crippen molar-refractivity contribution in [3.8, 4) is 0 Å². The summed E-state index contributed by atoms with van der Waals surface area (Å²) in [6.45, 7) is 3.62. The van der Waals surface area contributed by atoms with Gasteiger partial charge in [-0.25, -0.2) is 8.42 Å². The predicted molar refractivity (Wildman–Crippen MR) is 84.2 cm³/mol. The zero-order valence-electron chi connectivity index (χ0n) is 13.8. The first-order valence-corrected chi connectivity index (χ1v) is 8.89. The maximum absolute atomic E-state index is 12.3. The Morgan fingerprint density at radius 1 is 1.08 bits per heavy atom. The zero-order chi connectivity index (χ0) is 18.5. The number of carbonyl (C=O) groups excluding carboxylic acids is 1. The molecule has 0 radical (unpaired) electrons. The number of hydrogen-bond donors (Lipinski definition) is 0. The van der Waals surface area contributed by atoms with E-state index in [4.69, 9.17) is 0 Å². The van der Waals surface area contributed by atoms with Gasteiger partial charge in [-0.05, 0) is 24.3 Å². The molecule has 0 saturated heterocycles. The van der Waals surface area contributed by atoms with E-state index in [1.54, 1.807) is 13.8 Å². The van der Waals surface area contributed by atoms with Gasteiger partial charge in [0, 0.05) is 32.2 Å². The molecule has 1 rings (SSSR count). The number of rotatable bonds is 7. The summed E-state index contributed by atoms with van der Waals surface area (Å²) in [7, 11) is -2.36. The van der Waals surface area contributed by atoms with Gasteiger partial charge in [0.05, 0.1) is 11.3 Å². The third-order valence-corrected chi connectivity index (χ3v) is 5.59. The lowest BCUT2D eigenvalue weighted by Crippen LogP contribution is -2.31. The molecule has 0 aliphatic heterocycles. The van der Waals surface area contributed by atoms with Crippen molar-refractivity contribution in [3.63, 3.8) is 0 Å². The molecule has 0 unspecified atom stereocenters. The van der Waals surface area contributed by atoms with Crippen LogP contribution in [0.2, 0.25) is 0 Å². The van der Waals surface area contributed by atoms with Crippen molar-refractivity contribution in [2.45, 2.75) is 31.3 Å². The molecule has 1 aromatic carbocycles. The second kappa shape index (κ2) is 7.98. The minimum Gasteiger partial charge on any atom is -0.341 e. The van der Waals surface area contributed by atoms with E-state index in [-0.39, 0.29) is 10.5 Å². The van der Waals surface area contributed by atoms with Gasteiger partial charge in [0.2, 0.25) is 10.0 Å². The van der Waals surface area contributed by atoms with Crippen LogP contribution >= 0.6 is 0 Å². The first-order chi connectivity index (χ1) is 11.0. The number of alkyl halides is 3. The number of nitrogens with zero attached hydrogens (tertiary/aromatic N) is 2. The molecule has 5 nitrogen and oxygen atoms in total. The number of benzene rings is 1. The highest BCUT2D eigenvalue weighted by molar-refractivity contribution is 7.89. The van der Waals surface area contributed by atoms with E-state index >= 15 is 0 Å². The molecule has 0 atom stereocenters. The number of amides is 1. The fraction of sp³-hybridized carbons (Fsp3) is 0.533. The average molecular weight is 366 g/mol. The summed E-state index contributed by atoms with van der Waals surface area (Å²) in [5, 5.41) is 0. The average Bonchev–Trinajstić information content (AvgIpc) is 2.52. The van der Waals surface area contributed by atoms with Crippen LogP contribution in [0.3, 0.4) is 0 Å². The Kier molecular flexibility index (Phi) is 6.79. The summed E-state index contributed by atoms with van der Waals surface area (Å²) >= 11 is 0. The molecule has 136 valence electrons. The summed E-state index contributed by atoms with van der Waals surface area (Å²) in [5.41, 5.74) is 0.137. The molecule has 0 N–H and O–H groups in total. The van der Waals surface area contributed by atoms with E-state index in [2.05, 4.69) is 0 Å². The molecule has 0 bridgehead atoms. The van der Waals surface area contributed by atoms with E-state index in [9.17, 15) is 26.4 Å². The maximum atomic E-state index is 12.3. The molecule has 0 aliphatic rings. The Balaban J connectivity index is 2.89. The van der Waals surface area contributed by atoms with Crippen molar-refractivity contribution in [3.05, 3.63) is 29.8 Å². The Hall–Kier alpha value is -1.61. The van der Waals surface area contributed by atoms with Crippen LogP contribution in [0.15, 0.2) is 29.2 Å². The minimum atomic E-state index is -4.34. The van der Waals surface area contributed by atoms with E-state index < -0.39 is 35.1 Å². The molecule has 24 heavy (non-hydrogen) atoms. The van der Waals surface area contributed by atoms with Gasteiger partial charge in [0.1, 0.15) is 0 Å². The molecule has 0 fully saturated rings. The van der Waals surface area contributed by atoms with Crippen LogP contribution in [0.1, 0.15) is 30.6 Å². The number of halogens is 3. The third-order valence-electron chi connectivity index (χ3n) is 3.52. The Labute approximate surface area is 140 Å². The fourth-order valence-electron chi connectivity index (χ4n) is 2.10. The Morgan fingerprint density at radius 3 is 2.00 bits per heavy atom. The zero-order valence-corrected chi connectivity index (χ0v) is 14.6. The minimum absolute atomic E-state index is 0.0423. The quantitative estimate of drug-likeness (QED) is 0.746. The fourth-order valence-corrected chi connectivity index (χ4v) is 3.56. The van der Waals surface area contributed by atoms with Crippen molar-refractivity contribution >= 4 is 15.9 Å². The van der Waals surface area contributed by atoms with Crippen molar-refractivity contribution in [1.29, 1.82) is 0 Å². The van der Waals surface area contributed by atoms with Crippen molar-refractivity contribution in [2.24, 2.45) is 0 Å². The topological polar surface area (TPSA) is 57.7 Å². The van der Waals surface area contributed by atoms with Gasteiger partial charge >= 0.3 is 6.18 Å². The third kappa shape index (κ3) is 5.20. The second-order valence-corrected chi connectivity index (χ2v) is 7.14. The SMILES string of the molecule is CCN(CC)S(=O)(=O)c1ccc(C(=O)N(C)CCC(F)(F)F)cc1. The Bertz CT molecular complexity index is 654. The van der Waals surface area contributed by atoms with Crippen LogP contribution in [0.5, 0.6) is 0 Å². The molecular formula is C15H21F3N2O3S. The summed E-state index contributed by atoms with van der Waals surface area (Å²) in [6, 6.07) is 5.20. The summed E-state index contributed by atoms with van der Waals surface area (Å²) in [6.07, 6.45) is -5.43. The van der Waals surface area contributed by atoms with Crippen LogP contribution in [-0.2, 0) is 10.0 Å². The van der Waals surface area contributed by atoms with Gasteiger partial charge in [-0.2, -0.15) is 17.5 Å². The summed E-state index contributed by atoms with van der Waals surface area (Å²) < 4.78 is 62.5. The molecule has 1 amide bonds. The lowest BCUT2D eigenvalue weighted by molar-refractivity contribution is -0.136. The van der Waals surface area contributed by atoms with Gasteiger partial charge in [0.25, 0.3) is 5.91 Å². The molecule has 1 aromatic rings. The lowest BCUT2D eigenvalue weighted by atomic mass is 10.2. The smallest absolute Gasteiger partial charge is 0.341 e. The lowest BCUT2D eigenvalue weighted by Gasteiger charge is -2.20. The van der Waals surface area contributed by atoms with Crippen molar-refractivity contribution in [1.82, 2.24) is 9.21 Å². The maximum Gasteiger partial charge on any atom is 0.390 e. The van der Waals surface area contributed by atoms with Crippen molar-refractivity contribution in [2.75, 3.05) is 26.7 Å². The van der Waals surface area contributed by atoms with E-state index in [1.165, 1.54) is 35.6 Å². The molecule has 0 saturated carbocycles. The first kappa shape index (κ1) is 20.4. The van der Waals surface area contributed by atoms with Gasteiger partial charge in [-0.15, -0.1) is 0 Å². The normalized spacial score (nSPS) is 12.5. The monoisotopic (exact) mass is 366 g/mol. The standard InChI is InChI=1S/C15H21F3N2O3S/c1-4-20(5-2)24(22,23)13-8-6-12(7-9-13)14(21)19(3)11-10-15(16,17)18/h6-9H,4-5,10-11H2,1-3H3.